The zero-order valence-electron chi connectivity index (χ0n) is 6.37. The standard InChI is InChI=1S/C6H13NO2S/c1-3-7-5-4-6(2)10(7,8)9/h6H,3-5H2,1-2H3. The van der Waals surface area contributed by atoms with Crippen LogP contribution in [0.2, 0.25) is 0 Å². The Kier molecular flexibility index (Phi) is 2.01. The van der Waals surface area contributed by atoms with E-state index in [9.17, 15) is 8.42 Å². The average molecular weight is 163 g/mol. The summed E-state index contributed by atoms with van der Waals surface area (Å²) in [5, 5.41) is -0.160. The quantitative estimate of drug-likeness (QED) is 0.562. The van der Waals surface area contributed by atoms with Crippen LogP contribution in [-0.4, -0.2) is 31.1 Å². The molecule has 0 aromatic carbocycles. The van der Waals surface area contributed by atoms with Crippen LogP contribution in [0.3, 0.4) is 0 Å². The van der Waals surface area contributed by atoms with Crippen molar-refractivity contribution in [2.75, 3.05) is 13.1 Å². The minimum absolute atomic E-state index is 0.160. The molecule has 0 N–H and O–H groups in total. The molecule has 0 aromatic rings. The van der Waals surface area contributed by atoms with Crippen LogP contribution in [0, 0.1) is 0 Å². The molecule has 1 rings (SSSR count). The second-order valence-corrected chi connectivity index (χ2v) is 4.99. The Balaban J connectivity index is 2.85. The van der Waals surface area contributed by atoms with Crippen molar-refractivity contribution in [3.8, 4) is 0 Å². The van der Waals surface area contributed by atoms with Gasteiger partial charge in [-0.05, 0) is 13.3 Å². The summed E-state index contributed by atoms with van der Waals surface area (Å²) in [5.41, 5.74) is 0. The lowest BCUT2D eigenvalue weighted by Gasteiger charge is -2.11. The van der Waals surface area contributed by atoms with Gasteiger partial charge < -0.3 is 0 Å². The molecule has 0 aliphatic carbocycles. The Morgan fingerprint density at radius 3 is 2.40 bits per heavy atom. The van der Waals surface area contributed by atoms with Crippen molar-refractivity contribution < 1.29 is 8.42 Å². The van der Waals surface area contributed by atoms with Crippen molar-refractivity contribution in [3.05, 3.63) is 0 Å². The van der Waals surface area contributed by atoms with Gasteiger partial charge in [0.05, 0.1) is 5.25 Å². The molecular formula is C6H13NO2S. The van der Waals surface area contributed by atoms with Crippen LogP contribution in [0.5, 0.6) is 0 Å². The first kappa shape index (κ1) is 8.01. The minimum atomic E-state index is -2.88. The van der Waals surface area contributed by atoms with E-state index in [0.29, 0.717) is 13.1 Å². The summed E-state index contributed by atoms with van der Waals surface area (Å²) in [7, 11) is -2.88. The maximum Gasteiger partial charge on any atom is 0.216 e. The fourth-order valence-electron chi connectivity index (χ4n) is 1.19. The molecule has 1 unspecified atom stereocenters. The van der Waals surface area contributed by atoms with Gasteiger partial charge in [0.15, 0.2) is 0 Å². The smallest absolute Gasteiger partial charge is 0.212 e. The monoisotopic (exact) mass is 163 g/mol. The molecule has 4 heteroatoms. The second kappa shape index (κ2) is 2.51. The summed E-state index contributed by atoms with van der Waals surface area (Å²) in [6, 6.07) is 0. The first-order valence-corrected chi connectivity index (χ1v) is 5.08. The van der Waals surface area contributed by atoms with E-state index in [0.717, 1.165) is 6.42 Å². The summed E-state index contributed by atoms with van der Waals surface area (Å²) in [6.45, 7) is 4.97. The first-order chi connectivity index (χ1) is 4.59. The van der Waals surface area contributed by atoms with Crippen molar-refractivity contribution >= 4 is 10.0 Å². The van der Waals surface area contributed by atoms with Crippen LogP contribution in [0.4, 0.5) is 0 Å². The van der Waals surface area contributed by atoms with Gasteiger partial charge >= 0.3 is 0 Å². The maximum atomic E-state index is 11.2. The summed E-state index contributed by atoms with van der Waals surface area (Å²) < 4.78 is 24.0. The molecule has 1 aliphatic rings. The lowest BCUT2D eigenvalue weighted by atomic mass is 10.3. The van der Waals surface area contributed by atoms with Gasteiger partial charge in [0.1, 0.15) is 0 Å². The molecule has 0 aromatic heterocycles. The summed E-state index contributed by atoms with van der Waals surface area (Å²) in [4.78, 5) is 0. The number of sulfonamides is 1. The molecule has 3 nitrogen and oxygen atoms in total. The Labute approximate surface area is 62.1 Å². The highest BCUT2D eigenvalue weighted by molar-refractivity contribution is 7.89. The normalized spacial score (nSPS) is 32.8. The van der Waals surface area contributed by atoms with Crippen LogP contribution < -0.4 is 0 Å². The van der Waals surface area contributed by atoms with E-state index in [2.05, 4.69) is 0 Å². The second-order valence-electron chi connectivity index (χ2n) is 2.64. The van der Waals surface area contributed by atoms with E-state index < -0.39 is 10.0 Å². The van der Waals surface area contributed by atoms with Gasteiger partial charge in [-0.25, -0.2) is 12.7 Å². The van der Waals surface area contributed by atoms with Crippen LogP contribution in [-0.2, 0) is 10.0 Å². The summed E-state index contributed by atoms with van der Waals surface area (Å²) in [6.07, 6.45) is 0.788. The first-order valence-electron chi connectivity index (χ1n) is 3.58. The van der Waals surface area contributed by atoms with Gasteiger partial charge in [-0.1, -0.05) is 6.92 Å². The Morgan fingerprint density at radius 2 is 2.20 bits per heavy atom. The van der Waals surface area contributed by atoms with E-state index in [1.54, 1.807) is 6.92 Å². The van der Waals surface area contributed by atoms with Crippen LogP contribution in [0.1, 0.15) is 20.3 Å². The van der Waals surface area contributed by atoms with E-state index in [-0.39, 0.29) is 5.25 Å². The minimum Gasteiger partial charge on any atom is -0.212 e. The number of rotatable bonds is 1. The molecule has 0 spiro atoms. The fourth-order valence-corrected chi connectivity index (χ4v) is 2.83. The van der Waals surface area contributed by atoms with Crippen LogP contribution >= 0.6 is 0 Å². The van der Waals surface area contributed by atoms with Gasteiger partial charge in [0.25, 0.3) is 0 Å². The highest BCUT2D eigenvalue weighted by Crippen LogP contribution is 2.19. The lowest BCUT2D eigenvalue weighted by molar-refractivity contribution is 0.463. The molecule has 0 saturated carbocycles. The van der Waals surface area contributed by atoms with Crippen molar-refractivity contribution in [1.82, 2.24) is 4.31 Å². The van der Waals surface area contributed by atoms with Crippen LogP contribution in [0.15, 0.2) is 0 Å². The third kappa shape index (κ3) is 1.06. The Hall–Kier alpha value is -0.0900. The highest BCUT2D eigenvalue weighted by atomic mass is 32.2. The van der Waals surface area contributed by atoms with E-state index in [4.69, 9.17) is 0 Å². The van der Waals surface area contributed by atoms with E-state index in [1.165, 1.54) is 4.31 Å². The van der Waals surface area contributed by atoms with Gasteiger partial charge in [-0.15, -0.1) is 0 Å². The SMILES string of the molecule is CCN1CCC(C)S1(=O)=O. The lowest BCUT2D eigenvalue weighted by Crippen LogP contribution is -2.27. The summed E-state index contributed by atoms with van der Waals surface area (Å²) in [5.74, 6) is 0. The van der Waals surface area contributed by atoms with Gasteiger partial charge in [-0.3, -0.25) is 0 Å². The molecule has 1 heterocycles. The molecule has 0 amide bonds. The predicted octanol–water partition coefficient (Wildman–Crippen LogP) is 0.430. The average Bonchev–Trinajstić information content (AvgIpc) is 2.10. The molecular weight excluding hydrogens is 150 g/mol. The molecule has 60 valence electrons. The molecule has 1 atom stereocenters. The molecule has 0 bridgehead atoms. The Bertz CT molecular complexity index is 210. The summed E-state index contributed by atoms with van der Waals surface area (Å²) >= 11 is 0. The highest BCUT2D eigenvalue weighted by Gasteiger charge is 2.33. The third-order valence-corrected chi connectivity index (χ3v) is 4.42. The van der Waals surface area contributed by atoms with Crippen LogP contribution in [0.25, 0.3) is 0 Å². The van der Waals surface area contributed by atoms with Gasteiger partial charge in [0, 0.05) is 13.1 Å². The Morgan fingerprint density at radius 1 is 1.60 bits per heavy atom. The molecule has 1 aliphatic heterocycles. The molecule has 0 radical (unpaired) electrons. The fraction of sp³-hybridized carbons (Fsp3) is 1.00. The van der Waals surface area contributed by atoms with Gasteiger partial charge in [0.2, 0.25) is 10.0 Å². The number of hydrogen-bond donors (Lipinski definition) is 0. The molecule has 1 fully saturated rings. The maximum absolute atomic E-state index is 11.2. The van der Waals surface area contributed by atoms with E-state index in [1.807, 2.05) is 6.92 Å². The topological polar surface area (TPSA) is 37.4 Å². The van der Waals surface area contributed by atoms with E-state index >= 15 is 0 Å². The zero-order chi connectivity index (χ0) is 7.78. The predicted molar refractivity (Wildman–Crippen MR) is 40.2 cm³/mol. The largest absolute Gasteiger partial charge is 0.216 e. The molecule has 10 heavy (non-hydrogen) atoms. The zero-order valence-corrected chi connectivity index (χ0v) is 7.19. The van der Waals surface area contributed by atoms with Crippen molar-refractivity contribution in [3.63, 3.8) is 0 Å². The number of nitrogens with zero attached hydrogens (tertiary/aromatic N) is 1. The third-order valence-electron chi connectivity index (χ3n) is 2.01. The van der Waals surface area contributed by atoms with Gasteiger partial charge in [-0.2, -0.15) is 0 Å². The molecule has 1 saturated heterocycles. The van der Waals surface area contributed by atoms with Crippen molar-refractivity contribution in [2.24, 2.45) is 0 Å². The number of hydrogen-bond acceptors (Lipinski definition) is 2. The van der Waals surface area contributed by atoms with Crippen molar-refractivity contribution in [1.29, 1.82) is 0 Å². The van der Waals surface area contributed by atoms with Crippen molar-refractivity contribution in [2.45, 2.75) is 25.5 Å².